The van der Waals surface area contributed by atoms with Crippen LogP contribution in [0.4, 0.5) is 10.1 Å². The SMILES string of the molecule is NCC1CCCC(CN=C(Nc2cccc(F)c2)N2CCN(Cc3ccc4c(c3)OCO4)CC2)C1. The third kappa shape index (κ3) is 6.24. The standard InChI is InChI=1S/C27H36FN5O2/c28-23-5-2-6-24(15-23)31-27(30-17-21-4-1-3-20(13-21)16-29)33-11-9-32(10-12-33)18-22-7-8-25-26(14-22)35-19-34-25/h2,5-8,14-15,20-21H,1,3-4,9-13,16-19,29H2,(H,30,31). The molecular formula is C27H36FN5O2. The number of nitrogens with zero attached hydrogens (tertiary/aromatic N) is 3. The van der Waals surface area contributed by atoms with E-state index in [9.17, 15) is 4.39 Å². The first-order valence-corrected chi connectivity index (χ1v) is 12.8. The maximum absolute atomic E-state index is 13.8. The fraction of sp³-hybridized carbons (Fsp3) is 0.519. The van der Waals surface area contributed by atoms with Gasteiger partial charge in [0, 0.05) is 45.0 Å². The number of piperazine rings is 1. The number of hydrogen-bond donors (Lipinski definition) is 2. The van der Waals surface area contributed by atoms with Gasteiger partial charge in [0.2, 0.25) is 6.79 Å². The Morgan fingerprint density at radius 2 is 1.86 bits per heavy atom. The van der Waals surface area contributed by atoms with E-state index in [0.29, 0.717) is 18.6 Å². The molecule has 5 rings (SSSR count). The van der Waals surface area contributed by atoms with Gasteiger partial charge in [0.15, 0.2) is 17.5 Å². The van der Waals surface area contributed by atoms with Crippen molar-refractivity contribution in [1.29, 1.82) is 0 Å². The summed E-state index contributed by atoms with van der Waals surface area (Å²) in [5.74, 6) is 3.42. The summed E-state index contributed by atoms with van der Waals surface area (Å²) < 4.78 is 24.8. The molecule has 8 heteroatoms. The van der Waals surface area contributed by atoms with Crippen molar-refractivity contribution >= 4 is 11.6 Å². The molecule has 0 spiro atoms. The Morgan fingerprint density at radius 1 is 1.03 bits per heavy atom. The minimum atomic E-state index is -0.249. The summed E-state index contributed by atoms with van der Waals surface area (Å²) in [6, 6.07) is 12.8. The quantitative estimate of drug-likeness (QED) is 0.482. The first-order chi connectivity index (χ1) is 17.2. The second kappa shape index (κ2) is 11.3. The lowest BCUT2D eigenvalue weighted by atomic mass is 9.81. The lowest BCUT2D eigenvalue weighted by molar-refractivity contribution is 0.172. The lowest BCUT2D eigenvalue weighted by Gasteiger charge is -2.37. The Labute approximate surface area is 207 Å². The normalized spacial score (nSPS) is 22.9. The van der Waals surface area contributed by atoms with Crippen molar-refractivity contribution in [1.82, 2.24) is 9.80 Å². The van der Waals surface area contributed by atoms with E-state index in [1.807, 2.05) is 12.1 Å². The van der Waals surface area contributed by atoms with Crippen molar-refractivity contribution in [3.05, 3.63) is 53.8 Å². The molecule has 0 amide bonds. The average Bonchev–Trinajstić information content (AvgIpc) is 3.35. The van der Waals surface area contributed by atoms with Crippen LogP contribution in [0.25, 0.3) is 0 Å². The van der Waals surface area contributed by atoms with Crippen molar-refractivity contribution < 1.29 is 13.9 Å². The summed E-state index contributed by atoms with van der Waals surface area (Å²) in [4.78, 5) is 9.77. The van der Waals surface area contributed by atoms with Gasteiger partial charge >= 0.3 is 0 Å². The van der Waals surface area contributed by atoms with Crippen LogP contribution in [0.5, 0.6) is 11.5 Å². The third-order valence-electron chi connectivity index (χ3n) is 7.32. The van der Waals surface area contributed by atoms with E-state index in [1.54, 1.807) is 6.07 Å². The topological polar surface area (TPSA) is 75.4 Å². The molecule has 3 N–H and O–H groups in total. The molecule has 188 valence electrons. The summed E-state index contributed by atoms with van der Waals surface area (Å²) in [7, 11) is 0. The van der Waals surface area contributed by atoms with Crippen LogP contribution in [0.3, 0.4) is 0 Å². The van der Waals surface area contributed by atoms with Crippen LogP contribution in [-0.4, -0.2) is 61.8 Å². The van der Waals surface area contributed by atoms with Crippen molar-refractivity contribution in [2.75, 3.05) is 51.4 Å². The first-order valence-electron chi connectivity index (χ1n) is 12.8. The summed E-state index contributed by atoms with van der Waals surface area (Å²) in [6.07, 6.45) is 4.82. The van der Waals surface area contributed by atoms with Gasteiger partial charge in [0.25, 0.3) is 0 Å². The number of hydrogen-bond acceptors (Lipinski definition) is 5. The average molecular weight is 482 g/mol. The van der Waals surface area contributed by atoms with Gasteiger partial charge in [-0.25, -0.2) is 4.39 Å². The molecule has 7 nitrogen and oxygen atoms in total. The van der Waals surface area contributed by atoms with Crippen LogP contribution in [0.15, 0.2) is 47.5 Å². The molecule has 35 heavy (non-hydrogen) atoms. The number of ether oxygens (including phenoxy) is 2. The smallest absolute Gasteiger partial charge is 0.231 e. The van der Waals surface area contributed by atoms with Crippen molar-refractivity contribution in [3.63, 3.8) is 0 Å². The number of rotatable bonds is 6. The molecule has 2 unspecified atom stereocenters. The van der Waals surface area contributed by atoms with Crippen LogP contribution in [0.2, 0.25) is 0 Å². The minimum Gasteiger partial charge on any atom is -0.454 e. The molecule has 0 radical (unpaired) electrons. The van der Waals surface area contributed by atoms with Gasteiger partial charge in [0.1, 0.15) is 5.82 Å². The van der Waals surface area contributed by atoms with Gasteiger partial charge in [-0.1, -0.05) is 18.6 Å². The number of benzene rings is 2. The molecule has 0 aromatic heterocycles. The number of nitrogens with two attached hydrogens (primary N) is 1. The molecule has 1 saturated heterocycles. The highest BCUT2D eigenvalue weighted by Gasteiger charge is 2.24. The van der Waals surface area contributed by atoms with E-state index >= 15 is 0 Å². The summed E-state index contributed by atoms with van der Waals surface area (Å²) >= 11 is 0. The van der Waals surface area contributed by atoms with Crippen molar-refractivity contribution in [2.45, 2.75) is 32.2 Å². The second-order valence-corrected chi connectivity index (χ2v) is 9.88. The molecule has 2 fully saturated rings. The fourth-order valence-corrected chi connectivity index (χ4v) is 5.33. The summed E-state index contributed by atoms with van der Waals surface area (Å²) in [5.41, 5.74) is 7.89. The predicted molar refractivity (Wildman–Crippen MR) is 136 cm³/mol. The van der Waals surface area contributed by atoms with Crippen LogP contribution in [0.1, 0.15) is 31.2 Å². The molecule has 2 aromatic rings. The number of guanidine groups is 1. The highest BCUT2D eigenvalue weighted by atomic mass is 19.1. The van der Waals surface area contributed by atoms with Gasteiger partial charge in [-0.3, -0.25) is 9.89 Å². The zero-order chi connectivity index (χ0) is 24.0. The lowest BCUT2D eigenvalue weighted by Crippen LogP contribution is -2.50. The number of halogens is 1. The number of anilines is 1. The Kier molecular flexibility index (Phi) is 7.69. The Morgan fingerprint density at radius 3 is 2.69 bits per heavy atom. The van der Waals surface area contributed by atoms with E-state index in [0.717, 1.165) is 75.4 Å². The monoisotopic (exact) mass is 481 g/mol. The van der Waals surface area contributed by atoms with Crippen LogP contribution < -0.4 is 20.5 Å². The molecule has 0 bridgehead atoms. The van der Waals surface area contributed by atoms with E-state index in [2.05, 4.69) is 27.2 Å². The van der Waals surface area contributed by atoms with Crippen LogP contribution in [0, 0.1) is 17.7 Å². The van der Waals surface area contributed by atoms with Gasteiger partial charge in [-0.2, -0.15) is 0 Å². The molecule has 2 aromatic carbocycles. The van der Waals surface area contributed by atoms with E-state index < -0.39 is 0 Å². The zero-order valence-corrected chi connectivity index (χ0v) is 20.3. The van der Waals surface area contributed by atoms with E-state index in [4.69, 9.17) is 20.2 Å². The molecular weight excluding hydrogens is 445 g/mol. The van der Waals surface area contributed by atoms with Crippen molar-refractivity contribution in [2.24, 2.45) is 22.6 Å². The highest BCUT2D eigenvalue weighted by molar-refractivity contribution is 5.93. The van der Waals surface area contributed by atoms with Gasteiger partial charge in [0.05, 0.1) is 0 Å². The second-order valence-electron chi connectivity index (χ2n) is 9.88. The maximum Gasteiger partial charge on any atom is 0.231 e. The zero-order valence-electron chi connectivity index (χ0n) is 20.3. The predicted octanol–water partition coefficient (Wildman–Crippen LogP) is 3.91. The molecule has 2 heterocycles. The highest BCUT2D eigenvalue weighted by Crippen LogP contribution is 2.33. The maximum atomic E-state index is 13.8. The largest absolute Gasteiger partial charge is 0.454 e. The third-order valence-corrected chi connectivity index (χ3v) is 7.32. The van der Waals surface area contributed by atoms with Gasteiger partial charge < -0.3 is 25.4 Å². The number of nitrogens with one attached hydrogen (secondary N) is 1. The Bertz CT molecular complexity index is 1020. The number of aliphatic imine (C=N–C) groups is 1. The van der Waals surface area contributed by atoms with Crippen LogP contribution in [-0.2, 0) is 6.54 Å². The minimum absolute atomic E-state index is 0.249. The van der Waals surface area contributed by atoms with Gasteiger partial charge in [-0.15, -0.1) is 0 Å². The number of fused-ring (bicyclic) bond motifs is 1. The van der Waals surface area contributed by atoms with E-state index in [-0.39, 0.29) is 5.82 Å². The van der Waals surface area contributed by atoms with Gasteiger partial charge in [-0.05, 0) is 73.5 Å². The summed E-state index contributed by atoms with van der Waals surface area (Å²) in [6.45, 7) is 6.30. The van der Waals surface area contributed by atoms with Crippen molar-refractivity contribution in [3.8, 4) is 11.5 Å². The molecule has 1 saturated carbocycles. The first kappa shape index (κ1) is 23.9. The molecule has 1 aliphatic carbocycles. The molecule has 2 aliphatic heterocycles. The van der Waals surface area contributed by atoms with Crippen LogP contribution >= 0.6 is 0 Å². The fourth-order valence-electron chi connectivity index (χ4n) is 5.33. The Balaban J connectivity index is 1.22. The van der Waals surface area contributed by atoms with E-state index in [1.165, 1.54) is 37.0 Å². The molecule has 2 atom stereocenters. The Hall–Kier alpha value is -2.84. The molecule has 3 aliphatic rings. The summed E-state index contributed by atoms with van der Waals surface area (Å²) in [5, 5.41) is 3.41.